The molecule has 106 valence electrons. The summed E-state index contributed by atoms with van der Waals surface area (Å²) in [5.41, 5.74) is 7.64. The molecule has 2 N–H and O–H groups in total. The second-order valence-electron chi connectivity index (χ2n) is 4.55. The average molecular weight is 274 g/mol. The fraction of sp³-hybridized carbons (Fsp3) is 0.286. The fourth-order valence-electron chi connectivity index (χ4n) is 2.10. The molecule has 1 aromatic carbocycles. The minimum Gasteiger partial charge on any atom is -0.465 e. The third-order valence-electron chi connectivity index (χ3n) is 3.15. The number of nitrogens with two attached hydrogens (primary N) is 1. The molecule has 2 aromatic rings. The van der Waals surface area contributed by atoms with Crippen molar-refractivity contribution in [3.63, 3.8) is 0 Å². The zero-order valence-electron chi connectivity index (χ0n) is 11.8. The molecule has 0 saturated carbocycles. The predicted octanol–water partition coefficient (Wildman–Crippen LogP) is 1.43. The van der Waals surface area contributed by atoms with E-state index in [0.29, 0.717) is 23.5 Å². The van der Waals surface area contributed by atoms with Gasteiger partial charge in [0.25, 0.3) is 0 Å². The lowest BCUT2D eigenvalue weighted by molar-refractivity contribution is 0.0601. The molecule has 1 heterocycles. The summed E-state index contributed by atoms with van der Waals surface area (Å²) in [5, 5.41) is 0. The number of benzene rings is 1. The Labute approximate surface area is 117 Å². The Morgan fingerprint density at radius 1 is 1.50 bits per heavy atom. The van der Waals surface area contributed by atoms with Gasteiger partial charge in [-0.2, -0.15) is 0 Å². The summed E-state index contributed by atoms with van der Waals surface area (Å²) in [7, 11) is 5.15. The van der Waals surface area contributed by atoms with E-state index >= 15 is 0 Å². The number of ether oxygens (including phenoxy) is 1. The van der Waals surface area contributed by atoms with E-state index < -0.39 is 5.97 Å². The molecule has 0 saturated heterocycles. The van der Waals surface area contributed by atoms with Gasteiger partial charge in [-0.1, -0.05) is 6.07 Å². The number of aryl methyl sites for hydroxylation is 1. The van der Waals surface area contributed by atoms with Crippen molar-refractivity contribution in [1.29, 1.82) is 0 Å². The first-order valence-electron chi connectivity index (χ1n) is 6.18. The van der Waals surface area contributed by atoms with E-state index in [1.807, 2.05) is 29.8 Å². The van der Waals surface area contributed by atoms with Crippen LogP contribution in [0.15, 0.2) is 30.6 Å². The lowest BCUT2D eigenvalue weighted by Gasteiger charge is -2.23. The molecule has 0 aliphatic rings. The summed E-state index contributed by atoms with van der Waals surface area (Å²) in [6, 6.07) is 5.20. The topological polar surface area (TPSA) is 73.4 Å². The highest BCUT2D eigenvalue weighted by atomic mass is 16.5. The second-order valence-corrected chi connectivity index (χ2v) is 4.55. The maximum absolute atomic E-state index is 11.8. The number of anilines is 2. The maximum atomic E-state index is 11.8. The van der Waals surface area contributed by atoms with Crippen molar-refractivity contribution in [2.24, 2.45) is 7.05 Å². The number of methoxy groups -OCH3 is 1. The van der Waals surface area contributed by atoms with Crippen LogP contribution >= 0.6 is 0 Å². The molecule has 20 heavy (non-hydrogen) atoms. The Morgan fingerprint density at radius 2 is 2.25 bits per heavy atom. The van der Waals surface area contributed by atoms with Gasteiger partial charge < -0.3 is 19.9 Å². The van der Waals surface area contributed by atoms with Crippen LogP contribution in [-0.2, 0) is 18.3 Å². The van der Waals surface area contributed by atoms with Crippen molar-refractivity contribution in [2.45, 2.75) is 6.54 Å². The monoisotopic (exact) mass is 274 g/mol. The van der Waals surface area contributed by atoms with Crippen molar-refractivity contribution in [3.8, 4) is 0 Å². The number of nitrogen functional groups attached to an aromatic ring is 1. The molecule has 1 aromatic heterocycles. The molecule has 0 radical (unpaired) electrons. The number of hydrogen-bond donors (Lipinski definition) is 1. The smallest absolute Gasteiger partial charge is 0.340 e. The Hall–Kier alpha value is -2.50. The summed E-state index contributed by atoms with van der Waals surface area (Å²) >= 11 is 0. The molecule has 0 aliphatic carbocycles. The first-order valence-corrected chi connectivity index (χ1v) is 6.18. The van der Waals surface area contributed by atoms with Crippen LogP contribution in [0.5, 0.6) is 0 Å². The van der Waals surface area contributed by atoms with Crippen LogP contribution in [0.1, 0.15) is 16.2 Å². The van der Waals surface area contributed by atoms with Crippen molar-refractivity contribution < 1.29 is 9.53 Å². The molecule has 0 unspecified atom stereocenters. The molecule has 6 nitrogen and oxygen atoms in total. The minimum absolute atomic E-state index is 0.404. The standard InChI is InChI=1S/C14H18N4O2/c1-17-8-7-16-12(17)9-18(2)13-10(14(19)20-3)5-4-6-11(13)15/h4-8H,9,15H2,1-3H3. The number of esters is 1. The molecular weight excluding hydrogens is 256 g/mol. The molecule has 0 aliphatic heterocycles. The van der Waals surface area contributed by atoms with Crippen LogP contribution in [0.3, 0.4) is 0 Å². The number of hydrogen-bond acceptors (Lipinski definition) is 5. The van der Waals surface area contributed by atoms with Gasteiger partial charge >= 0.3 is 5.97 Å². The van der Waals surface area contributed by atoms with E-state index in [9.17, 15) is 4.79 Å². The van der Waals surface area contributed by atoms with Crippen molar-refractivity contribution in [3.05, 3.63) is 42.0 Å². The number of rotatable bonds is 4. The quantitative estimate of drug-likeness (QED) is 0.674. The van der Waals surface area contributed by atoms with Crippen LogP contribution < -0.4 is 10.6 Å². The van der Waals surface area contributed by atoms with Gasteiger partial charge in [-0.25, -0.2) is 9.78 Å². The van der Waals surface area contributed by atoms with Gasteiger partial charge in [0.05, 0.1) is 30.6 Å². The largest absolute Gasteiger partial charge is 0.465 e. The normalized spacial score (nSPS) is 10.3. The molecule has 6 heteroatoms. The van der Waals surface area contributed by atoms with Crippen molar-refractivity contribution in [2.75, 3.05) is 24.8 Å². The molecule has 0 spiro atoms. The predicted molar refractivity (Wildman–Crippen MR) is 77.5 cm³/mol. The summed E-state index contributed by atoms with van der Waals surface area (Å²) < 4.78 is 6.72. The number of carbonyl (C=O) groups excluding carboxylic acids is 1. The van der Waals surface area contributed by atoms with Crippen LogP contribution in [0.2, 0.25) is 0 Å². The van der Waals surface area contributed by atoms with Gasteiger partial charge in [-0.05, 0) is 12.1 Å². The maximum Gasteiger partial charge on any atom is 0.340 e. The number of nitrogens with zero attached hydrogens (tertiary/aromatic N) is 3. The summed E-state index contributed by atoms with van der Waals surface area (Å²) in [6.07, 6.45) is 3.61. The van der Waals surface area contributed by atoms with E-state index in [1.165, 1.54) is 7.11 Å². The van der Waals surface area contributed by atoms with Gasteiger partial charge in [0, 0.05) is 26.5 Å². The van der Waals surface area contributed by atoms with Gasteiger partial charge in [0.2, 0.25) is 0 Å². The first kappa shape index (κ1) is 13.9. The van der Waals surface area contributed by atoms with Gasteiger partial charge in [-0.15, -0.1) is 0 Å². The van der Waals surface area contributed by atoms with E-state index in [2.05, 4.69) is 4.98 Å². The lowest BCUT2D eigenvalue weighted by Crippen LogP contribution is -2.23. The molecule has 0 amide bonds. The van der Waals surface area contributed by atoms with Crippen LogP contribution in [-0.4, -0.2) is 29.7 Å². The Bertz CT molecular complexity index is 621. The lowest BCUT2D eigenvalue weighted by atomic mass is 10.1. The fourth-order valence-corrected chi connectivity index (χ4v) is 2.10. The number of carbonyl (C=O) groups is 1. The first-order chi connectivity index (χ1) is 9.54. The van der Waals surface area contributed by atoms with Gasteiger partial charge in [-0.3, -0.25) is 0 Å². The SMILES string of the molecule is COC(=O)c1cccc(N)c1N(C)Cc1nccn1C. The summed E-state index contributed by atoms with van der Waals surface area (Å²) in [6.45, 7) is 0.543. The number of para-hydroxylation sites is 1. The highest BCUT2D eigenvalue weighted by Crippen LogP contribution is 2.28. The minimum atomic E-state index is -0.404. The third-order valence-corrected chi connectivity index (χ3v) is 3.15. The Kier molecular flexibility index (Phi) is 3.93. The average Bonchev–Trinajstić information content (AvgIpc) is 2.82. The van der Waals surface area contributed by atoms with Crippen LogP contribution in [0, 0.1) is 0 Å². The van der Waals surface area contributed by atoms with Crippen LogP contribution in [0.4, 0.5) is 11.4 Å². The molecule has 0 atom stereocenters. The van der Waals surface area contributed by atoms with E-state index in [0.717, 1.165) is 5.82 Å². The van der Waals surface area contributed by atoms with E-state index in [-0.39, 0.29) is 0 Å². The Morgan fingerprint density at radius 3 is 2.85 bits per heavy atom. The Balaban J connectivity index is 2.36. The highest BCUT2D eigenvalue weighted by Gasteiger charge is 2.18. The molecule has 0 fully saturated rings. The van der Waals surface area contributed by atoms with Gasteiger partial charge in [0.1, 0.15) is 5.82 Å². The van der Waals surface area contributed by atoms with Crippen molar-refractivity contribution >= 4 is 17.3 Å². The summed E-state index contributed by atoms with van der Waals surface area (Å²) in [5.74, 6) is 0.477. The van der Waals surface area contributed by atoms with Gasteiger partial charge in [0.15, 0.2) is 0 Å². The molecule has 0 bridgehead atoms. The summed E-state index contributed by atoms with van der Waals surface area (Å²) in [4.78, 5) is 18.0. The number of aromatic nitrogens is 2. The van der Waals surface area contributed by atoms with Crippen LogP contribution in [0.25, 0.3) is 0 Å². The third kappa shape index (κ3) is 2.59. The zero-order valence-corrected chi connectivity index (χ0v) is 11.8. The van der Waals surface area contributed by atoms with Crippen molar-refractivity contribution in [1.82, 2.24) is 9.55 Å². The molecule has 2 rings (SSSR count). The zero-order chi connectivity index (χ0) is 14.7. The van der Waals surface area contributed by atoms with E-state index in [4.69, 9.17) is 10.5 Å². The number of imidazole rings is 1. The highest BCUT2D eigenvalue weighted by molar-refractivity contribution is 5.99. The van der Waals surface area contributed by atoms with E-state index in [1.54, 1.807) is 24.4 Å². The second kappa shape index (κ2) is 5.64. The molecular formula is C14H18N4O2.